The molecular weight excluding hydrogens is 373 g/mol. The molecule has 0 spiro atoms. The van der Waals surface area contributed by atoms with Crippen molar-refractivity contribution in [1.29, 1.82) is 0 Å². The molecule has 0 aliphatic carbocycles. The number of nitrogens with one attached hydrogen (secondary N) is 2. The van der Waals surface area contributed by atoms with E-state index in [0.29, 0.717) is 0 Å². The van der Waals surface area contributed by atoms with Gasteiger partial charge in [-0.1, -0.05) is 37.1 Å². The standard InChI is InChI=1S/C22H26FN3O3/c1-29-17-12-10-16(11-13-17)20-9-3-2-6-14-26(20)15-21(27)25-22(28)24-19-8-5-4-7-18(19)23/h4-5,7-8,10-13,20H,2-3,6,9,14-15H2,1H3,(H2,24,25,27,28). The molecule has 7 heteroatoms. The average Bonchev–Trinajstić information content (AvgIpc) is 2.95. The van der Waals surface area contributed by atoms with Crippen molar-refractivity contribution in [1.82, 2.24) is 10.2 Å². The molecule has 2 aromatic rings. The van der Waals surface area contributed by atoms with Crippen molar-refractivity contribution in [2.45, 2.75) is 31.7 Å². The first-order valence-corrected chi connectivity index (χ1v) is 9.80. The quantitative estimate of drug-likeness (QED) is 0.794. The number of ether oxygens (including phenoxy) is 1. The fraction of sp³-hybridized carbons (Fsp3) is 0.364. The van der Waals surface area contributed by atoms with Gasteiger partial charge in [0.2, 0.25) is 5.91 Å². The Hall–Kier alpha value is -2.93. The first kappa shape index (κ1) is 20.8. The molecule has 0 saturated carbocycles. The molecule has 3 rings (SSSR count). The normalized spacial score (nSPS) is 17.2. The molecule has 1 unspecified atom stereocenters. The van der Waals surface area contributed by atoms with Gasteiger partial charge in [0, 0.05) is 6.04 Å². The number of nitrogens with zero attached hydrogens (tertiary/aromatic N) is 1. The molecule has 0 radical (unpaired) electrons. The van der Waals surface area contributed by atoms with Gasteiger partial charge in [0.15, 0.2) is 0 Å². The fourth-order valence-corrected chi connectivity index (χ4v) is 3.63. The van der Waals surface area contributed by atoms with Crippen LogP contribution in [0.4, 0.5) is 14.9 Å². The number of benzene rings is 2. The molecule has 154 valence electrons. The Balaban J connectivity index is 1.62. The predicted molar refractivity (Wildman–Crippen MR) is 109 cm³/mol. The minimum absolute atomic E-state index is 0.0312. The summed E-state index contributed by atoms with van der Waals surface area (Å²) in [7, 11) is 1.63. The Labute approximate surface area is 170 Å². The van der Waals surface area contributed by atoms with E-state index in [1.807, 2.05) is 24.3 Å². The van der Waals surface area contributed by atoms with Gasteiger partial charge in [-0.15, -0.1) is 0 Å². The highest BCUT2D eigenvalue weighted by atomic mass is 19.1. The maximum atomic E-state index is 13.7. The molecule has 1 aliphatic heterocycles. The lowest BCUT2D eigenvalue weighted by Gasteiger charge is -2.29. The summed E-state index contributed by atoms with van der Waals surface area (Å²) in [4.78, 5) is 26.6. The van der Waals surface area contributed by atoms with Crippen LogP contribution in [0.2, 0.25) is 0 Å². The van der Waals surface area contributed by atoms with E-state index in [0.717, 1.165) is 43.5 Å². The van der Waals surface area contributed by atoms with E-state index in [1.54, 1.807) is 13.2 Å². The topological polar surface area (TPSA) is 70.7 Å². The summed E-state index contributed by atoms with van der Waals surface area (Å²) in [6.45, 7) is 0.875. The van der Waals surface area contributed by atoms with Crippen LogP contribution in [-0.2, 0) is 4.79 Å². The van der Waals surface area contributed by atoms with E-state index < -0.39 is 17.8 Å². The molecule has 0 aromatic heterocycles. The number of hydrogen-bond acceptors (Lipinski definition) is 4. The zero-order valence-corrected chi connectivity index (χ0v) is 16.5. The van der Waals surface area contributed by atoms with Crippen LogP contribution in [0.25, 0.3) is 0 Å². The van der Waals surface area contributed by atoms with Gasteiger partial charge in [0.05, 0.1) is 19.3 Å². The summed E-state index contributed by atoms with van der Waals surface area (Å²) >= 11 is 0. The molecule has 29 heavy (non-hydrogen) atoms. The zero-order valence-electron chi connectivity index (χ0n) is 16.5. The number of carbonyl (C=O) groups is 2. The van der Waals surface area contributed by atoms with Crippen molar-refractivity contribution in [3.8, 4) is 5.75 Å². The van der Waals surface area contributed by atoms with Crippen LogP contribution in [0.3, 0.4) is 0 Å². The van der Waals surface area contributed by atoms with Crippen LogP contribution < -0.4 is 15.4 Å². The molecule has 1 saturated heterocycles. The van der Waals surface area contributed by atoms with Crippen LogP contribution in [0.5, 0.6) is 5.75 Å². The van der Waals surface area contributed by atoms with Gasteiger partial charge < -0.3 is 10.1 Å². The summed E-state index contributed by atoms with van der Waals surface area (Å²) < 4.78 is 18.9. The van der Waals surface area contributed by atoms with Crippen LogP contribution in [-0.4, -0.2) is 37.0 Å². The molecule has 1 aliphatic rings. The number of carbonyl (C=O) groups excluding carboxylic acids is 2. The monoisotopic (exact) mass is 399 g/mol. The lowest BCUT2D eigenvalue weighted by atomic mass is 10.0. The first-order valence-electron chi connectivity index (χ1n) is 9.80. The minimum atomic E-state index is -0.740. The van der Waals surface area contributed by atoms with Gasteiger partial charge in [-0.3, -0.25) is 15.0 Å². The smallest absolute Gasteiger partial charge is 0.326 e. The highest BCUT2D eigenvalue weighted by Crippen LogP contribution is 2.30. The molecule has 2 aromatic carbocycles. The summed E-state index contributed by atoms with van der Waals surface area (Å²) in [5.74, 6) is -0.182. The number of halogens is 1. The Morgan fingerprint density at radius 2 is 1.86 bits per heavy atom. The van der Waals surface area contributed by atoms with Gasteiger partial charge in [-0.05, 0) is 49.2 Å². The maximum absolute atomic E-state index is 13.7. The summed E-state index contributed by atoms with van der Waals surface area (Å²) in [6, 6.07) is 13.1. The second-order valence-electron chi connectivity index (χ2n) is 7.09. The zero-order chi connectivity index (χ0) is 20.6. The highest BCUT2D eigenvalue weighted by molar-refractivity contribution is 6.01. The number of rotatable bonds is 5. The van der Waals surface area contributed by atoms with Gasteiger partial charge >= 0.3 is 6.03 Å². The molecular formula is C22H26FN3O3. The Morgan fingerprint density at radius 3 is 2.59 bits per heavy atom. The molecule has 1 atom stereocenters. The number of likely N-dealkylation sites (tertiary alicyclic amines) is 1. The third-order valence-electron chi connectivity index (χ3n) is 5.09. The number of methoxy groups -OCH3 is 1. The van der Waals surface area contributed by atoms with Gasteiger partial charge in [0.25, 0.3) is 0 Å². The molecule has 0 bridgehead atoms. The lowest BCUT2D eigenvalue weighted by molar-refractivity contribution is -0.121. The van der Waals surface area contributed by atoms with E-state index in [4.69, 9.17) is 4.74 Å². The maximum Gasteiger partial charge on any atom is 0.326 e. The number of hydrogen-bond donors (Lipinski definition) is 2. The third-order valence-corrected chi connectivity index (χ3v) is 5.09. The van der Waals surface area contributed by atoms with Crippen LogP contribution >= 0.6 is 0 Å². The number of anilines is 1. The van der Waals surface area contributed by atoms with Gasteiger partial charge in [-0.25, -0.2) is 9.18 Å². The number of urea groups is 1. The highest BCUT2D eigenvalue weighted by Gasteiger charge is 2.25. The molecule has 1 heterocycles. The number of para-hydroxylation sites is 1. The minimum Gasteiger partial charge on any atom is -0.497 e. The number of amides is 3. The Kier molecular flexibility index (Phi) is 7.19. The Bertz CT molecular complexity index is 841. The first-order chi connectivity index (χ1) is 14.1. The largest absolute Gasteiger partial charge is 0.497 e. The van der Waals surface area contributed by atoms with E-state index in [9.17, 15) is 14.0 Å². The van der Waals surface area contributed by atoms with Crippen molar-refractivity contribution in [3.05, 3.63) is 59.9 Å². The fourth-order valence-electron chi connectivity index (χ4n) is 3.63. The molecule has 2 N–H and O–H groups in total. The van der Waals surface area contributed by atoms with Crippen molar-refractivity contribution >= 4 is 17.6 Å². The van der Waals surface area contributed by atoms with Crippen LogP contribution in [0.1, 0.15) is 37.3 Å². The van der Waals surface area contributed by atoms with Crippen LogP contribution in [0, 0.1) is 5.82 Å². The predicted octanol–water partition coefficient (Wildman–Crippen LogP) is 4.10. The van der Waals surface area contributed by atoms with E-state index >= 15 is 0 Å². The van der Waals surface area contributed by atoms with Crippen molar-refractivity contribution < 1.29 is 18.7 Å². The van der Waals surface area contributed by atoms with Gasteiger partial charge in [-0.2, -0.15) is 0 Å². The summed E-state index contributed by atoms with van der Waals surface area (Å²) in [5, 5.41) is 4.66. The number of imide groups is 1. The van der Waals surface area contributed by atoms with E-state index in [2.05, 4.69) is 15.5 Å². The summed E-state index contributed by atoms with van der Waals surface area (Å²) in [5.41, 5.74) is 1.15. The molecule has 3 amide bonds. The van der Waals surface area contributed by atoms with Crippen LogP contribution in [0.15, 0.2) is 48.5 Å². The van der Waals surface area contributed by atoms with Gasteiger partial charge in [0.1, 0.15) is 11.6 Å². The second kappa shape index (κ2) is 10.0. The van der Waals surface area contributed by atoms with Crippen molar-refractivity contribution in [2.24, 2.45) is 0 Å². The SMILES string of the molecule is COc1ccc(C2CCCCCN2CC(=O)NC(=O)Nc2ccccc2F)cc1. The molecule has 1 fully saturated rings. The van der Waals surface area contributed by atoms with Crippen molar-refractivity contribution in [2.75, 3.05) is 25.5 Å². The molecule has 6 nitrogen and oxygen atoms in total. The lowest BCUT2D eigenvalue weighted by Crippen LogP contribution is -2.43. The third kappa shape index (κ3) is 5.77. The summed E-state index contributed by atoms with van der Waals surface area (Å²) in [6.07, 6.45) is 4.14. The van der Waals surface area contributed by atoms with Crippen molar-refractivity contribution in [3.63, 3.8) is 0 Å². The van der Waals surface area contributed by atoms with E-state index in [1.165, 1.54) is 18.2 Å². The second-order valence-corrected chi connectivity index (χ2v) is 7.09. The van der Waals surface area contributed by atoms with E-state index in [-0.39, 0.29) is 18.3 Å². The Morgan fingerprint density at radius 1 is 1.10 bits per heavy atom. The average molecular weight is 399 g/mol.